The second-order valence-corrected chi connectivity index (χ2v) is 13.8. The van der Waals surface area contributed by atoms with E-state index in [-0.39, 0.29) is 23.9 Å². The molecule has 0 aromatic heterocycles. The van der Waals surface area contributed by atoms with Crippen molar-refractivity contribution in [1.82, 2.24) is 0 Å². The maximum absolute atomic E-state index is 13.9. The average Bonchev–Trinajstić information content (AvgIpc) is 3.16. The summed E-state index contributed by atoms with van der Waals surface area (Å²) in [6, 6.07) is 33.9. The summed E-state index contributed by atoms with van der Waals surface area (Å²) >= 11 is 0. The van der Waals surface area contributed by atoms with Crippen LogP contribution in [0.5, 0.6) is 5.75 Å². The number of carbonyl (C=O) groups is 3. The first-order valence-corrected chi connectivity index (χ1v) is 18.5. The Balaban J connectivity index is 1.13. The normalized spacial score (nSPS) is 12.4. The Bertz CT molecular complexity index is 1910. The predicted molar refractivity (Wildman–Crippen MR) is 205 cm³/mol. The number of carbonyl (C=O) groups excluding carboxylic acids is 3. The number of rotatable bonds is 18. The molecule has 0 spiro atoms. The van der Waals surface area contributed by atoms with Crippen molar-refractivity contribution in [1.29, 1.82) is 0 Å². The fraction of sp³-hybridized carbons (Fsp3) is 0.326. The van der Waals surface area contributed by atoms with Crippen molar-refractivity contribution >= 4 is 28.3 Å². The van der Waals surface area contributed by atoms with E-state index in [9.17, 15) is 18.8 Å². The topological polar surface area (TPSA) is 60.4 Å². The summed E-state index contributed by atoms with van der Waals surface area (Å²) in [4.78, 5) is 38.5. The molecule has 4 nitrogen and oxygen atoms in total. The van der Waals surface area contributed by atoms with E-state index >= 15 is 0 Å². The van der Waals surface area contributed by atoms with Crippen molar-refractivity contribution in [2.45, 2.75) is 91.2 Å². The largest absolute Gasteiger partial charge is 0.423 e. The van der Waals surface area contributed by atoms with Crippen LogP contribution in [0.3, 0.4) is 0 Å². The lowest BCUT2D eigenvalue weighted by Gasteiger charge is -2.14. The number of ether oxygens (including phenoxy) is 1. The second kappa shape index (κ2) is 18.4. The van der Waals surface area contributed by atoms with E-state index in [4.69, 9.17) is 4.74 Å². The smallest absolute Gasteiger partial charge is 0.343 e. The molecule has 5 aromatic carbocycles. The number of ketones is 2. The predicted octanol–water partition coefficient (Wildman–Crippen LogP) is 11.7. The van der Waals surface area contributed by atoms with Crippen LogP contribution in [-0.4, -0.2) is 23.7 Å². The Morgan fingerprint density at radius 1 is 0.627 bits per heavy atom. The Morgan fingerprint density at radius 2 is 1.20 bits per heavy atom. The van der Waals surface area contributed by atoms with Gasteiger partial charge >= 0.3 is 5.97 Å². The zero-order valence-electron chi connectivity index (χ0n) is 30.1. The number of hydrogen-bond acceptors (Lipinski definition) is 4. The number of esters is 1. The molecule has 0 aliphatic rings. The van der Waals surface area contributed by atoms with Gasteiger partial charge in [0, 0.05) is 24.0 Å². The molecule has 5 aromatic rings. The van der Waals surface area contributed by atoms with Gasteiger partial charge in [-0.1, -0.05) is 132 Å². The molecule has 264 valence electrons. The molecule has 2 unspecified atom stereocenters. The molecule has 0 aliphatic heterocycles. The summed E-state index contributed by atoms with van der Waals surface area (Å²) in [5.74, 6) is -0.363. The van der Waals surface area contributed by atoms with Crippen molar-refractivity contribution in [2.24, 2.45) is 5.92 Å². The third kappa shape index (κ3) is 10.6. The maximum Gasteiger partial charge on any atom is 0.343 e. The minimum Gasteiger partial charge on any atom is -0.423 e. The highest BCUT2D eigenvalue weighted by Gasteiger charge is 2.18. The minimum absolute atomic E-state index is 0.0533. The minimum atomic E-state index is -0.950. The van der Waals surface area contributed by atoms with Crippen molar-refractivity contribution < 1.29 is 23.5 Å². The lowest BCUT2D eigenvalue weighted by atomic mass is 9.94. The number of benzene rings is 5. The third-order valence-electron chi connectivity index (χ3n) is 9.68. The Morgan fingerprint density at radius 3 is 1.88 bits per heavy atom. The van der Waals surface area contributed by atoms with Crippen LogP contribution in [0.4, 0.5) is 4.39 Å². The summed E-state index contributed by atoms with van der Waals surface area (Å²) in [5.41, 5.74) is 5.68. The molecule has 0 aliphatic carbocycles. The molecule has 0 bridgehead atoms. The monoisotopic (exact) mass is 684 g/mol. The van der Waals surface area contributed by atoms with Crippen LogP contribution in [0.1, 0.15) is 110 Å². The zero-order chi connectivity index (χ0) is 36.2. The Kier molecular flexibility index (Phi) is 13.5. The molecule has 0 amide bonds. The van der Waals surface area contributed by atoms with Crippen LogP contribution >= 0.6 is 0 Å². The Hall–Kier alpha value is -4.90. The number of hydrogen-bond donors (Lipinski definition) is 0. The summed E-state index contributed by atoms with van der Waals surface area (Å²) in [6.07, 6.45) is 8.62. The summed E-state index contributed by atoms with van der Waals surface area (Å²) in [7, 11) is 0. The van der Waals surface area contributed by atoms with Gasteiger partial charge < -0.3 is 4.74 Å². The number of Topliss-reactive ketones (excluding diaryl/α,β-unsaturated/α-hetero) is 1. The van der Waals surface area contributed by atoms with Crippen molar-refractivity contribution in [3.63, 3.8) is 0 Å². The van der Waals surface area contributed by atoms with Gasteiger partial charge in [0.1, 0.15) is 17.7 Å². The van der Waals surface area contributed by atoms with Crippen LogP contribution in [0.25, 0.3) is 21.9 Å². The van der Waals surface area contributed by atoms with Crippen LogP contribution in [0.2, 0.25) is 0 Å². The van der Waals surface area contributed by atoms with Gasteiger partial charge in [0.25, 0.3) is 0 Å². The summed E-state index contributed by atoms with van der Waals surface area (Å²) < 4.78 is 19.5. The number of halogens is 1. The molecule has 5 heteroatoms. The Labute approximate surface area is 302 Å². The van der Waals surface area contributed by atoms with Gasteiger partial charge in [-0.2, -0.15) is 0 Å². The van der Waals surface area contributed by atoms with Crippen LogP contribution in [0, 0.1) is 5.92 Å². The molecule has 2 atom stereocenters. The molecule has 0 fully saturated rings. The van der Waals surface area contributed by atoms with Gasteiger partial charge in [-0.05, 0) is 88.5 Å². The average molecular weight is 685 g/mol. The van der Waals surface area contributed by atoms with E-state index in [2.05, 4.69) is 13.0 Å². The SMILES string of the molecule is CCCCCCCCc1ccc(C(=O)c2ccc(C(=O)Oc3ccc(-c4ccc5cc(CC(=O)CC(C)C(F)CC)ccc5c4)cc3)cc2)cc1. The highest BCUT2D eigenvalue weighted by atomic mass is 19.1. The molecule has 0 saturated carbocycles. The van der Waals surface area contributed by atoms with Gasteiger partial charge in [-0.25, -0.2) is 9.18 Å². The van der Waals surface area contributed by atoms with Gasteiger partial charge in [0.2, 0.25) is 0 Å². The number of unbranched alkanes of at least 4 members (excludes halogenated alkanes) is 5. The van der Waals surface area contributed by atoms with E-state index in [1.807, 2.05) is 66.7 Å². The lowest BCUT2D eigenvalue weighted by molar-refractivity contribution is -0.119. The molecule has 0 radical (unpaired) electrons. The molecule has 5 rings (SSSR count). The molecular weight excluding hydrogens is 636 g/mol. The van der Waals surface area contributed by atoms with E-state index in [1.165, 1.54) is 44.1 Å². The highest BCUT2D eigenvalue weighted by molar-refractivity contribution is 6.09. The molecule has 51 heavy (non-hydrogen) atoms. The highest BCUT2D eigenvalue weighted by Crippen LogP contribution is 2.28. The quantitative estimate of drug-likeness (QED) is 0.0399. The van der Waals surface area contributed by atoms with Crippen molar-refractivity contribution in [2.75, 3.05) is 0 Å². The third-order valence-corrected chi connectivity index (χ3v) is 9.68. The van der Waals surface area contributed by atoms with Gasteiger partial charge in [0.15, 0.2) is 5.78 Å². The molecule has 0 heterocycles. The van der Waals surface area contributed by atoms with Crippen LogP contribution in [-0.2, 0) is 17.6 Å². The molecule has 0 N–H and O–H groups in total. The standard InChI is InChI=1S/C46H49FO4/c1-4-6-7-8-9-10-11-33-12-15-36(16-13-33)45(49)37-18-20-38(21-19-37)46(50)51-43-26-24-35(25-27-43)40-23-22-39-29-34(14-17-41(39)31-40)30-42(48)28-32(3)44(47)5-2/h12-27,29,31-32,44H,4-11,28,30H2,1-3H3. The zero-order valence-corrected chi connectivity index (χ0v) is 30.1. The van der Waals surface area contributed by atoms with Crippen molar-refractivity contribution in [3.05, 3.63) is 137 Å². The van der Waals surface area contributed by atoms with Crippen LogP contribution < -0.4 is 4.74 Å². The van der Waals surface area contributed by atoms with E-state index in [0.29, 0.717) is 35.3 Å². The molecule has 0 saturated heterocycles. The van der Waals surface area contributed by atoms with Crippen molar-refractivity contribution in [3.8, 4) is 16.9 Å². The first-order chi connectivity index (χ1) is 24.7. The number of alkyl halides is 1. The fourth-order valence-corrected chi connectivity index (χ4v) is 6.51. The first-order valence-electron chi connectivity index (χ1n) is 18.5. The summed E-state index contributed by atoms with van der Waals surface area (Å²) in [6.45, 7) is 5.83. The van der Waals surface area contributed by atoms with E-state index in [1.54, 1.807) is 50.2 Å². The van der Waals surface area contributed by atoms with Crippen LogP contribution in [0.15, 0.2) is 109 Å². The fourth-order valence-electron chi connectivity index (χ4n) is 6.51. The first kappa shape index (κ1) is 37.4. The van der Waals surface area contributed by atoms with E-state index in [0.717, 1.165) is 33.9 Å². The maximum atomic E-state index is 13.9. The summed E-state index contributed by atoms with van der Waals surface area (Å²) in [5, 5.41) is 2.08. The van der Waals surface area contributed by atoms with E-state index < -0.39 is 12.1 Å². The lowest BCUT2D eigenvalue weighted by Crippen LogP contribution is -2.17. The van der Waals surface area contributed by atoms with Gasteiger partial charge in [-0.15, -0.1) is 0 Å². The van der Waals surface area contributed by atoms with Gasteiger partial charge in [-0.3, -0.25) is 9.59 Å². The second-order valence-electron chi connectivity index (χ2n) is 13.8. The van der Waals surface area contributed by atoms with Gasteiger partial charge in [0.05, 0.1) is 5.56 Å². The number of aryl methyl sites for hydroxylation is 1. The molecular formula is C46H49FO4. The number of fused-ring (bicyclic) bond motifs is 1.